The molecule has 2 rings (SSSR count). The molecule has 118 valence electrons. The Morgan fingerprint density at radius 2 is 2.24 bits per heavy atom. The summed E-state index contributed by atoms with van der Waals surface area (Å²) in [4.78, 5) is 14.0. The number of carbonyl (C=O) groups is 1. The van der Waals surface area contributed by atoms with Gasteiger partial charge in [0.1, 0.15) is 5.75 Å². The van der Waals surface area contributed by atoms with Gasteiger partial charge in [-0.1, -0.05) is 19.1 Å². The molecule has 1 aromatic carbocycles. The number of amides is 1. The standard InChI is InChI=1S/C16H24N2O2.ClH/c1-13-4-3-5-14(10-13)20-9-6-15(19)18-8-7-16(2,11-17)12-18;/h3-5,10H,6-9,11-12,17H2,1-2H3;1H. The number of aryl methyl sites for hydroxylation is 1. The van der Waals surface area contributed by atoms with Gasteiger partial charge in [-0.25, -0.2) is 0 Å². The molecule has 0 aromatic heterocycles. The molecule has 1 aromatic rings. The Bertz CT molecular complexity index is 481. The van der Waals surface area contributed by atoms with Crippen molar-refractivity contribution in [1.82, 2.24) is 4.90 Å². The third-order valence-electron chi connectivity index (χ3n) is 3.98. The molecule has 0 bridgehead atoms. The van der Waals surface area contributed by atoms with Crippen molar-refractivity contribution in [2.24, 2.45) is 11.1 Å². The zero-order valence-electron chi connectivity index (χ0n) is 12.8. The first-order valence-electron chi connectivity index (χ1n) is 7.20. The molecule has 0 radical (unpaired) electrons. The highest BCUT2D eigenvalue weighted by Gasteiger charge is 2.34. The molecule has 5 heteroatoms. The number of likely N-dealkylation sites (tertiary alicyclic amines) is 1. The highest BCUT2D eigenvalue weighted by molar-refractivity contribution is 5.85. The maximum absolute atomic E-state index is 12.1. The lowest BCUT2D eigenvalue weighted by molar-refractivity contribution is -0.131. The monoisotopic (exact) mass is 312 g/mol. The second-order valence-corrected chi connectivity index (χ2v) is 6.00. The highest BCUT2D eigenvalue weighted by Crippen LogP contribution is 2.28. The molecule has 21 heavy (non-hydrogen) atoms. The molecule has 1 atom stereocenters. The summed E-state index contributed by atoms with van der Waals surface area (Å²) in [6.07, 6.45) is 1.42. The molecule has 1 amide bonds. The average Bonchev–Trinajstić information content (AvgIpc) is 2.82. The maximum Gasteiger partial charge on any atom is 0.226 e. The van der Waals surface area contributed by atoms with Gasteiger partial charge >= 0.3 is 0 Å². The van der Waals surface area contributed by atoms with Gasteiger partial charge in [0, 0.05) is 13.1 Å². The third kappa shape index (κ3) is 4.90. The Labute approximate surface area is 133 Å². The Morgan fingerprint density at radius 1 is 1.48 bits per heavy atom. The second kappa shape index (κ2) is 7.66. The van der Waals surface area contributed by atoms with Gasteiger partial charge in [0.15, 0.2) is 0 Å². The van der Waals surface area contributed by atoms with E-state index in [0.29, 0.717) is 19.6 Å². The summed E-state index contributed by atoms with van der Waals surface area (Å²) in [7, 11) is 0. The summed E-state index contributed by atoms with van der Waals surface area (Å²) in [5.41, 5.74) is 7.01. The molecule has 2 N–H and O–H groups in total. The first kappa shape index (κ1) is 17.8. The van der Waals surface area contributed by atoms with E-state index in [1.54, 1.807) is 0 Å². The molecule has 4 nitrogen and oxygen atoms in total. The Balaban J connectivity index is 0.00000220. The molecule has 0 spiro atoms. The Kier molecular flexibility index (Phi) is 6.49. The van der Waals surface area contributed by atoms with Crippen molar-refractivity contribution < 1.29 is 9.53 Å². The number of benzene rings is 1. The zero-order valence-corrected chi connectivity index (χ0v) is 13.6. The van der Waals surface area contributed by atoms with Crippen LogP contribution in [0.4, 0.5) is 0 Å². The van der Waals surface area contributed by atoms with Crippen LogP contribution in [0.15, 0.2) is 24.3 Å². The van der Waals surface area contributed by atoms with Crippen LogP contribution in [0.5, 0.6) is 5.75 Å². The number of rotatable bonds is 5. The fourth-order valence-electron chi connectivity index (χ4n) is 2.52. The lowest BCUT2D eigenvalue weighted by Crippen LogP contribution is -2.35. The summed E-state index contributed by atoms with van der Waals surface area (Å²) >= 11 is 0. The van der Waals surface area contributed by atoms with Crippen LogP contribution >= 0.6 is 12.4 Å². The number of carbonyl (C=O) groups excluding carboxylic acids is 1. The fourth-order valence-corrected chi connectivity index (χ4v) is 2.52. The van der Waals surface area contributed by atoms with Gasteiger partial charge in [0.2, 0.25) is 5.91 Å². The van der Waals surface area contributed by atoms with Gasteiger partial charge in [-0.3, -0.25) is 4.79 Å². The number of nitrogens with two attached hydrogens (primary N) is 1. The van der Waals surface area contributed by atoms with E-state index in [-0.39, 0.29) is 23.7 Å². The summed E-state index contributed by atoms with van der Waals surface area (Å²) in [5, 5.41) is 0. The van der Waals surface area contributed by atoms with E-state index in [1.807, 2.05) is 36.1 Å². The molecule has 1 unspecified atom stereocenters. The number of hydrogen-bond acceptors (Lipinski definition) is 3. The summed E-state index contributed by atoms with van der Waals surface area (Å²) in [6.45, 7) is 6.82. The van der Waals surface area contributed by atoms with Crippen molar-refractivity contribution in [3.8, 4) is 5.75 Å². The van der Waals surface area contributed by atoms with E-state index in [9.17, 15) is 4.79 Å². The summed E-state index contributed by atoms with van der Waals surface area (Å²) < 4.78 is 5.62. The van der Waals surface area contributed by atoms with E-state index >= 15 is 0 Å². The summed E-state index contributed by atoms with van der Waals surface area (Å²) in [6, 6.07) is 7.88. The first-order valence-corrected chi connectivity index (χ1v) is 7.20. The Hall–Kier alpha value is -1.26. The van der Waals surface area contributed by atoms with Crippen LogP contribution in [0.2, 0.25) is 0 Å². The lowest BCUT2D eigenvalue weighted by atomic mass is 9.90. The highest BCUT2D eigenvalue weighted by atomic mass is 35.5. The smallest absolute Gasteiger partial charge is 0.226 e. The molecule has 1 saturated heterocycles. The van der Waals surface area contributed by atoms with Crippen LogP contribution in [0.1, 0.15) is 25.3 Å². The van der Waals surface area contributed by atoms with Crippen molar-refractivity contribution in [2.45, 2.75) is 26.7 Å². The normalized spacial score (nSPS) is 21.0. The van der Waals surface area contributed by atoms with Gasteiger partial charge in [-0.05, 0) is 43.0 Å². The second-order valence-electron chi connectivity index (χ2n) is 6.00. The molecule has 1 fully saturated rings. The molecule has 0 saturated carbocycles. The fraction of sp³-hybridized carbons (Fsp3) is 0.562. The van der Waals surface area contributed by atoms with Crippen LogP contribution in [0, 0.1) is 12.3 Å². The van der Waals surface area contributed by atoms with Crippen LogP contribution in [0.25, 0.3) is 0 Å². The minimum atomic E-state index is 0. The van der Waals surface area contributed by atoms with Crippen LogP contribution in [0.3, 0.4) is 0 Å². The first-order chi connectivity index (χ1) is 9.52. The maximum atomic E-state index is 12.1. The minimum Gasteiger partial charge on any atom is -0.493 e. The van der Waals surface area contributed by atoms with Gasteiger partial charge in [0.05, 0.1) is 13.0 Å². The van der Waals surface area contributed by atoms with E-state index in [4.69, 9.17) is 10.5 Å². The van der Waals surface area contributed by atoms with Gasteiger partial charge in [-0.15, -0.1) is 12.4 Å². The summed E-state index contributed by atoms with van der Waals surface area (Å²) in [5.74, 6) is 0.987. The third-order valence-corrected chi connectivity index (χ3v) is 3.98. The molecule has 1 aliphatic heterocycles. The number of ether oxygens (including phenoxy) is 1. The largest absolute Gasteiger partial charge is 0.493 e. The SMILES string of the molecule is Cc1cccc(OCCC(=O)N2CCC(C)(CN)C2)c1.Cl. The van der Waals surface area contributed by atoms with E-state index in [1.165, 1.54) is 0 Å². The molecule has 0 aliphatic carbocycles. The minimum absolute atomic E-state index is 0. The van der Waals surface area contributed by atoms with Crippen molar-refractivity contribution >= 4 is 18.3 Å². The van der Waals surface area contributed by atoms with Crippen molar-refractivity contribution in [1.29, 1.82) is 0 Å². The van der Waals surface area contributed by atoms with Crippen molar-refractivity contribution in [3.05, 3.63) is 29.8 Å². The molecular weight excluding hydrogens is 288 g/mol. The number of nitrogens with zero attached hydrogens (tertiary/aromatic N) is 1. The van der Waals surface area contributed by atoms with Crippen LogP contribution in [-0.4, -0.2) is 37.0 Å². The van der Waals surface area contributed by atoms with E-state index < -0.39 is 0 Å². The average molecular weight is 313 g/mol. The predicted octanol–water partition coefficient (Wildman–Crippen LogP) is 2.38. The number of halogens is 1. The molecule has 1 heterocycles. The number of hydrogen-bond donors (Lipinski definition) is 1. The lowest BCUT2D eigenvalue weighted by Gasteiger charge is -2.22. The van der Waals surface area contributed by atoms with Crippen molar-refractivity contribution in [2.75, 3.05) is 26.2 Å². The quantitative estimate of drug-likeness (QED) is 0.908. The van der Waals surface area contributed by atoms with Crippen molar-refractivity contribution in [3.63, 3.8) is 0 Å². The van der Waals surface area contributed by atoms with Crippen LogP contribution < -0.4 is 10.5 Å². The molecular formula is C16H25ClN2O2. The molecule has 1 aliphatic rings. The topological polar surface area (TPSA) is 55.6 Å². The Morgan fingerprint density at radius 3 is 2.86 bits per heavy atom. The predicted molar refractivity (Wildman–Crippen MR) is 86.9 cm³/mol. The van der Waals surface area contributed by atoms with E-state index in [0.717, 1.165) is 30.8 Å². The van der Waals surface area contributed by atoms with Gasteiger partial charge in [0.25, 0.3) is 0 Å². The van der Waals surface area contributed by atoms with E-state index in [2.05, 4.69) is 6.92 Å². The van der Waals surface area contributed by atoms with Crippen LogP contribution in [-0.2, 0) is 4.79 Å². The van der Waals surface area contributed by atoms with Gasteiger partial charge in [-0.2, -0.15) is 0 Å². The van der Waals surface area contributed by atoms with Gasteiger partial charge < -0.3 is 15.4 Å². The zero-order chi connectivity index (χ0) is 14.6.